The molecule has 1 aromatic carbocycles. The van der Waals surface area contributed by atoms with Crippen molar-refractivity contribution < 1.29 is 4.92 Å². The second-order valence-corrected chi connectivity index (χ2v) is 6.24. The van der Waals surface area contributed by atoms with E-state index in [4.69, 9.17) is 0 Å². The summed E-state index contributed by atoms with van der Waals surface area (Å²) >= 11 is 0. The van der Waals surface area contributed by atoms with E-state index in [9.17, 15) is 15.4 Å². The van der Waals surface area contributed by atoms with E-state index in [-0.39, 0.29) is 16.0 Å². The zero-order valence-electron chi connectivity index (χ0n) is 12.8. The van der Waals surface area contributed by atoms with Gasteiger partial charge in [0.1, 0.15) is 0 Å². The van der Waals surface area contributed by atoms with E-state index in [1.165, 1.54) is 12.5 Å². The van der Waals surface area contributed by atoms with Gasteiger partial charge in [-0.2, -0.15) is 5.26 Å². The van der Waals surface area contributed by atoms with Crippen molar-refractivity contribution in [3.05, 3.63) is 39.4 Å². The van der Waals surface area contributed by atoms with Crippen molar-refractivity contribution in [3.63, 3.8) is 0 Å². The van der Waals surface area contributed by atoms with Gasteiger partial charge in [0.15, 0.2) is 0 Å². The molecule has 4 nitrogen and oxygen atoms in total. The fourth-order valence-electron chi connectivity index (χ4n) is 3.39. The minimum absolute atomic E-state index is 0.155. The molecule has 21 heavy (non-hydrogen) atoms. The Kier molecular flexibility index (Phi) is 4.62. The molecule has 1 aliphatic carbocycles. The number of nitro benzene ring substituents is 1. The highest BCUT2D eigenvalue weighted by molar-refractivity contribution is 5.45. The Morgan fingerprint density at radius 2 is 2.10 bits per heavy atom. The first-order chi connectivity index (χ1) is 10.0. The summed E-state index contributed by atoms with van der Waals surface area (Å²) in [6.07, 6.45) is 5.81. The molecule has 112 valence electrons. The van der Waals surface area contributed by atoms with Crippen molar-refractivity contribution >= 4 is 5.69 Å². The van der Waals surface area contributed by atoms with Gasteiger partial charge in [-0.25, -0.2) is 0 Å². The largest absolute Gasteiger partial charge is 0.272 e. The predicted octanol–water partition coefficient (Wildman–Crippen LogP) is 4.56. The van der Waals surface area contributed by atoms with Gasteiger partial charge in [-0.05, 0) is 50.5 Å². The molecule has 0 atom stereocenters. The van der Waals surface area contributed by atoms with Gasteiger partial charge in [-0.15, -0.1) is 0 Å². The van der Waals surface area contributed by atoms with Gasteiger partial charge in [-0.3, -0.25) is 10.1 Å². The van der Waals surface area contributed by atoms with Gasteiger partial charge in [-0.1, -0.05) is 25.5 Å². The lowest BCUT2D eigenvalue weighted by Gasteiger charge is -2.35. The number of hydrogen-bond donors (Lipinski definition) is 0. The third kappa shape index (κ3) is 3.24. The monoisotopic (exact) mass is 286 g/mol. The Labute approximate surface area is 125 Å². The van der Waals surface area contributed by atoms with Crippen LogP contribution in [-0.4, -0.2) is 4.92 Å². The zero-order valence-corrected chi connectivity index (χ0v) is 12.8. The first-order valence-corrected chi connectivity index (χ1v) is 7.65. The lowest BCUT2D eigenvalue weighted by atomic mass is 9.67. The second kappa shape index (κ2) is 6.26. The SMILES string of the molecule is CCC1CCC(C#N)(Cc2cccc([N+](=O)[O-])c2C)CC1. The third-order valence-corrected chi connectivity index (χ3v) is 5.02. The summed E-state index contributed by atoms with van der Waals surface area (Å²) in [4.78, 5) is 10.7. The van der Waals surface area contributed by atoms with Crippen molar-refractivity contribution in [2.45, 2.75) is 52.4 Å². The molecule has 0 heterocycles. The van der Waals surface area contributed by atoms with Crippen LogP contribution in [0.25, 0.3) is 0 Å². The van der Waals surface area contributed by atoms with Crippen molar-refractivity contribution in [2.24, 2.45) is 11.3 Å². The number of rotatable bonds is 4. The van der Waals surface area contributed by atoms with E-state index in [1.54, 1.807) is 13.0 Å². The Balaban J connectivity index is 2.22. The molecule has 1 aromatic rings. The molecule has 0 spiro atoms. The van der Waals surface area contributed by atoms with Crippen LogP contribution in [0.5, 0.6) is 0 Å². The molecule has 0 aliphatic heterocycles. The zero-order chi connectivity index (χ0) is 15.5. The van der Waals surface area contributed by atoms with E-state index in [0.717, 1.165) is 37.2 Å². The van der Waals surface area contributed by atoms with Crippen molar-refractivity contribution in [1.29, 1.82) is 5.26 Å². The molecule has 1 fully saturated rings. The van der Waals surface area contributed by atoms with Crippen LogP contribution in [0.1, 0.15) is 50.2 Å². The molecule has 0 unspecified atom stereocenters. The lowest BCUT2D eigenvalue weighted by Crippen LogP contribution is -2.28. The Morgan fingerprint density at radius 1 is 1.43 bits per heavy atom. The molecule has 0 aromatic heterocycles. The summed E-state index contributed by atoms with van der Waals surface area (Å²) in [5.41, 5.74) is 1.46. The molecule has 0 saturated heterocycles. The maximum atomic E-state index is 11.0. The molecule has 1 aliphatic rings. The maximum Gasteiger partial charge on any atom is 0.272 e. The normalized spacial score (nSPS) is 25.3. The molecule has 0 N–H and O–H groups in total. The highest BCUT2D eigenvalue weighted by Gasteiger charge is 2.36. The second-order valence-electron chi connectivity index (χ2n) is 6.24. The van der Waals surface area contributed by atoms with Crippen LogP contribution in [0.4, 0.5) is 5.69 Å². The van der Waals surface area contributed by atoms with Crippen LogP contribution in [0, 0.1) is 39.7 Å². The molecule has 2 rings (SSSR count). The van der Waals surface area contributed by atoms with E-state index in [0.29, 0.717) is 12.0 Å². The fraction of sp³-hybridized carbons (Fsp3) is 0.588. The van der Waals surface area contributed by atoms with Gasteiger partial charge in [0.25, 0.3) is 5.69 Å². The molecule has 0 bridgehead atoms. The highest BCUT2D eigenvalue weighted by Crippen LogP contribution is 2.42. The van der Waals surface area contributed by atoms with E-state index < -0.39 is 0 Å². The summed E-state index contributed by atoms with van der Waals surface area (Å²) < 4.78 is 0. The van der Waals surface area contributed by atoms with E-state index in [2.05, 4.69) is 13.0 Å². The Morgan fingerprint density at radius 3 is 2.62 bits per heavy atom. The van der Waals surface area contributed by atoms with Gasteiger partial charge in [0.2, 0.25) is 0 Å². The smallest absolute Gasteiger partial charge is 0.258 e. The number of hydrogen-bond acceptors (Lipinski definition) is 3. The molecule has 0 radical (unpaired) electrons. The quantitative estimate of drug-likeness (QED) is 0.602. The van der Waals surface area contributed by atoms with Gasteiger partial charge >= 0.3 is 0 Å². The molecular weight excluding hydrogens is 264 g/mol. The number of nitro groups is 1. The number of nitrogens with zero attached hydrogens (tertiary/aromatic N) is 2. The average molecular weight is 286 g/mol. The van der Waals surface area contributed by atoms with Gasteiger partial charge < -0.3 is 0 Å². The summed E-state index contributed by atoms with van der Waals surface area (Å²) in [6.45, 7) is 3.99. The molecule has 1 saturated carbocycles. The minimum atomic E-state index is -0.342. The van der Waals surface area contributed by atoms with Crippen molar-refractivity contribution in [1.82, 2.24) is 0 Å². The van der Waals surface area contributed by atoms with Crippen LogP contribution >= 0.6 is 0 Å². The van der Waals surface area contributed by atoms with Crippen molar-refractivity contribution in [2.75, 3.05) is 0 Å². The van der Waals surface area contributed by atoms with Crippen molar-refractivity contribution in [3.8, 4) is 6.07 Å². The maximum absolute atomic E-state index is 11.0. The van der Waals surface area contributed by atoms with Crippen LogP contribution < -0.4 is 0 Å². The standard InChI is InChI=1S/C17H22N2O2/c1-3-14-7-9-17(12-18,10-8-14)11-15-5-4-6-16(13(15)2)19(20)21/h4-6,14H,3,7-11H2,1-2H3. The summed E-state index contributed by atoms with van der Waals surface area (Å²) in [7, 11) is 0. The van der Waals surface area contributed by atoms with Crippen LogP contribution in [-0.2, 0) is 6.42 Å². The average Bonchev–Trinajstić information content (AvgIpc) is 2.50. The fourth-order valence-corrected chi connectivity index (χ4v) is 3.39. The van der Waals surface area contributed by atoms with Crippen LogP contribution in [0.2, 0.25) is 0 Å². The van der Waals surface area contributed by atoms with Gasteiger partial charge in [0.05, 0.1) is 16.4 Å². The summed E-state index contributed by atoms with van der Waals surface area (Å²) in [6, 6.07) is 7.70. The third-order valence-electron chi connectivity index (χ3n) is 5.02. The van der Waals surface area contributed by atoms with Crippen LogP contribution in [0.15, 0.2) is 18.2 Å². The topological polar surface area (TPSA) is 66.9 Å². The van der Waals surface area contributed by atoms with Crippen LogP contribution in [0.3, 0.4) is 0 Å². The summed E-state index contributed by atoms with van der Waals surface area (Å²) in [5, 5.41) is 20.7. The Bertz CT molecular complexity index is 567. The highest BCUT2D eigenvalue weighted by atomic mass is 16.6. The number of benzene rings is 1. The van der Waals surface area contributed by atoms with Gasteiger partial charge in [0, 0.05) is 11.6 Å². The van der Waals surface area contributed by atoms with E-state index in [1.807, 2.05) is 6.07 Å². The molecule has 4 heteroatoms. The molecule has 0 amide bonds. The predicted molar refractivity (Wildman–Crippen MR) is 81.8 cm³/mol. The van der Waals surface area contributed by atoms with E-state index >= 15 is 0 Å². The minimum Gasteiger partial charge on any atom is -0.258 e. The lowest BCUT2D eigenvalue weighted by molar-refractivity contribution is -0.385. The molecular formula is C17H22N2O2. The Hall–Kier alpha value is -1.89. The number of nitriles is 1. The first kappa shape index (κ1) is 15.5. The summed E-state index contributed by atoms with van der Waals surface area (Å²) in [5.74, 6) is 0.734. The first-order valence-electron chi connectivity index (χ1n) is 7.65.